The Hall–Kier alpha value is -5.81. The first-order valence-electron chi connectivity index (χ1n) is 25.9. The average molecular weight is 1350 g/mol. The highest BCUT2D eigenvalue weighted by Crippen LogP contribution is 2.50. The Labute approximate surface area is 482 Å². The molecule has 0 spiro atoms. The normalized spacial score (nSPS) is 13.8. The van der Waals surface area contributed by atoms with Crippen LogP contribution >= 0.6 is 61.2 Å². The number of halogens is 3. The molecule has 0 saturated carbocycles. The molecule has 10 aromatic rings. The molecule has 0 amide bonds. The maximum absolute atomic E-state index is 13.4. The molecule has 0 atom stereocenters. The number of nitrogens with two attached hydrogens (primary N) is 1. The van der Waals surface area contributed by atoms with Crippen molar-refractivity contribution in [2.24, 2.45) is 25.9 Å². The van der Waals surface area contributed by atoms with Gasteiger partial charge in [0, 0.05) is 192 Å². The second-order valence-electron chi connectivity index (χ2n) is 21.0. The number of nitrogens with zero attached hydrogens (tertiary/aromatic N) is 10. The summed E-state index contributed by atoms with van der Waals surface area (Å²) in [6, 6.07) is 16.4. The lowest BCUT2D eigenvalue weighted by Crippen LogP contribution is -2.12. The van der Waals surface area contributed by atoms with Crippen LogP contribution in [-0.4, -0.2) is 60.2 Å². The van der Waals surface area contributed by atoms with Crippen LogP contribution < -0.4 is 11.1 Å². The number of carbonyl (C=O) groups excluding carboxylic acids is 2. The molecule has 0 fully saturated rings. The highest BCUT2D eigenvalue weighted by atomic mass is 128. The summed E-state index contributed by atoms with van der Waals surface area (Å²) in [6.07, 6.45) is 17.5. The van der Waals surface area contributed by atoms with E-state index in [9.17, 15) is 9.59 Å². The standard InChI is InChI=1S/C29H28N6O.C25H26N4O.C5H6N2.I2.HI/c1-16(2)14-35-23-9-5-17(32-29-30-11-4-12-31-29)13-20(23)26-18-7-10-24(36)27(18)25-19(28(26)35)6-8-22-21(25)15-34(3)33-22;1-13(2)11-29-20-8-4-14(26)10-17(20)23-15-6-9-21(30)24(15)22-16(25(23)29)5-7-19-18(22)12-28(3)27-19;1-5-6-3-2-4-7-5;1-2;/h4-5,9,11-13,15-16H,6-8,10,14H2,1-3H3,(H,30,31,32);4,8,10,12-13H,5-7,9,11,26H2,1-3H3;2-4H,1H3;;1H. The summed E-state index contributed by atoms with van der Waals surface area (Å²) in [5, 5.41) is 17.7. The zero-order chi connectivity index (χ0) is 52.4. The SMILES string of the molecule is CC(C)Cn1c2ccc(N)cc2c2c3c(c4c(c21)CCc1nn(C)cc1-4)C(=O)CC3.CC(C)Cn1c2ccc(Nc3ncccn3)cc2c2c3c(c4c(c21)CCc1nn(C)cc1-4)C(=O)CC3.Cc1ncccn1.I.II. The van der Waals surface area contributed by atoms with Gasteiger partial charge in [-0.15, -0.1) is 24.0 Å². The molecule has 4 aromatic carbocycles. The topological polar surface area (TPSA) is 169 Å². The Bertz CT molecular complexity index is 3890. The Morgan fingerprint density at radius 2 is 1.04 bits per heavy atom. The second kappa shape index (κ2) is 21.9. The molecule has 0 radical (unpaired) electrons. The van der Waals surface area contributed by atoms with E-state index in [-0.39, 0.29) is 35.5 Å². The second-order valence-corrected chi connectivity index (χ2v) is 21.0. The lowest BCUT2D eigenvalue weighted by Gasteiger charge is -2.22. The molecular weight excluding hydrogens is 1290 g/mol. The third-order valence-electron chi connectivity index (χ3n) is 15.0. The van der Waals surface area contributed by atoms with Crippen LogP contribution in [0.5, 0.6) is 0 Å². The maximum atomic E-state index is 13.4. The van der Waals surface area contributed by atoms with Crippen molar-refractivity contribution in [3.8, 4) is 22.3 Å². The van der Waals surface area contributed by atoms with E-state index in [1.165, 1.54) is 65.9 Å². The molecule has 0 saturated heterocycles. The molecule has 17 heteroatoms. The highest BCUT2D eigenvalue weighted by Gasteiger charge is 2.37. The van der Waals surface area contributed by atoms with Gasteiger partial charge < -0.3 is 20.2 Å². The summed E-state index contributed by atoms with van der Waals surface area (Å²) >= 11 is 4.24. The molecule has 390 valence electrons. The van der Waals surface area contributed by atoms with E-state index in [4.69, 9.17) is 10.8 Å². The van der Waals surface area contributed by atoms with Crippen molar-refractivity contribution in [2.45, 2.75) is 99.1 Å². The number of ketones is 2. The van der Waals surface area contributed by atoms with E-state index in [1.54, 1.807) is 30.9 Å². The smallest absolute Gasteiger partial charge is 0.227 e. The van der Waals surface area contributed by atoms with Crippen molar-refractivity contribution < 1.29 is 9.59 Å². The van der Waals surface area contributed by atoms with Crippen LogP contribution in [0.1, 0.15) is 101 Å². The van der Waals surface area contributed by atoms with E-state index in [0.29, 0.717) is 30.6 Å². The number of aryl methyl sites for hydroxylation is 9. The minimum Gasteiger partial charge on any atom is -0.399 e. The molecule has 6 aromatic heterocycles. The van der Waals surface area contributed by atoms with E-state index in [2.05, 4.69) is 147 Å². The van der Waals surface area contributed by atoms with Crippen LogP contribution in [0.25, 0.3) is 65.9 Å². The van der Waals surface area contributed by atoms with Crippen LogP contribution in [0, 0.1) is 18.8 Å². The average Bonchev–Trinajstić information content (AvgIpc) is 4.34. The van der Waals surface area contributed by atoms with Crippen LogP contribution in [0.3, 0.4) is 0 Å². The monoisotopic (exact) mass is 1350 g/mol. The first-order valence-corrected chi connectivity index (χ1v) is 32.2. The molecule has 14 rings (SSSR count). The molecule has 6 heterocycles. The van der Waals surface area contributed by atoms with E-state index < -0.39 is 0 Å². The minimum atomic E-state index is 0. The number of rotatable bonds is 6. The zero-order valence-corrected chi connectivity index (χ0v) is 50.5. The Kier molecular flexibility index (Phi) is 15.4. The zero-order valence-electron chi connectivity index (χ0n) is 43.8. The Balaban J connectivity index is 0.000000149. The maximum Gasteiger partial charge on any atom is 0.227 e. The van der Waals surface area contributed by atoms with Crippen LogP contribution in [-0.2, 0) is 65.7 Å². The van der Waals surface area contributed by atoms with Gasteiger partial charge >= 0.3 is 0 Å². The minimum absolute atomic E-state index is 0. The van der Waals surface area contributed by atoms with Gasteiger partial charge in [-0.25, -0.2) is 19.9 Å². The van der Waals surface area contributed by atoms with Gasteiger partial charge in [0.05, 0.1) is 22.4 Å². The van der Waals surface area contributed by atoms with Crippen molar-refractivity contribution in [3.63, 3.8) is 0 Å². The number of nitrogens with one attached hydrogen (secondary N) is 1. The predicted octanol–water partition coefficient (Wildman–Crippen LogP) is 13.4. The van der Waals surface area contributed by atoms with Gasteiger partial charge in [-0.2, -0.15) is 10.2 Å². The number of Topliss-reactive ketones (excluding diaryl/α,β-unsaturated/α-hetero) is 2. The number of fused-ring (bicyclic) bond motifs is 20. The molecule has 0 aliphatic heterocycles. The van der Waals surface area contributed by atoms with Gasteiger partial charge in [0.25, 0.3) is 0 Å². The number of anilines is 3. The lowest BCUT2D eigenvalue weighted by atomic mass is 9.82. The molecule has 4 aliphatic rings. The molecule has 0 bridgehead atoms. The molecule has 14 nitrogen and oxygen atoms in total. The van der Waals surface area contributed by atoms with Crippen molar-refractivity contribution >= 4 is 134 Å². The summed E-state index contributed by atoms with van der Waals surface area (Å²) in [5.74, 6) is 2.93. The molecule has 0 unspecified atom stereocenters. The summed E-state index contributed by atoms with van der Waals surface area (Å²) in [5.41, 5.74) is 26.7. The number of benzene rings is 4. The predicted molar refractivity (Wildman–Crippen MR) is 333 cm³/mol. The number of aromatic nitrogens is 10. The summed E-state index contributed by atoms with van der Waals surface area (Å²) in [7, 11) is 3.94. The summed E-state index contributed by atoms with van der Waals surface area (Å²) < 4.78 is 8.77. The first kappa shape index (κ1) is 53.6. The van der Waals surface area contributed by atoms with E-state index in [1.807, 2.05) is 42.5 Å². The fourth-order valence-corrected chi connectivity index (χ4v) is 12.4. The largest absolute Gasteiger partial charge is 0.399 e. The van der Waals surface area contributed by atoms with Crippen LogP contribution in [0.15, 0.2) is 85.7 Å². The number of hydrogen-bond acceptors (Lipinski definition) is 10. The number of carbonyl (C=O) groups is 2. The first-order chi connectivity index (χ1) is 36.3. The fourth-order valence-electron chi connectivity index (χ4n) is 12.4. The molecule has 3 N–H and O–H groups in total. The molecular formula is C59H61I3N12O2. The Morgan fingerprint density at radius 3 is 1.50 bits per heavy atom. The molecule has 4 aliphatic carbocycles. The van der Waals surface area contributed by atoms with E-state index in [0.717, 1.165) is 114 Å². The Morgan fingerprint density at radius 1 is 0.592 bits per heavy atom. The number of nitrogen functional groups attached to an aromatic ring is 1. The third kappa shape index (κ3) is 9.48. The van der Waals surface area contributed by atoms with Crippen molar-refractivity contribution in [2.75, 3.05) is 11.1 Å². The van der Waals surface area contributed by atoms with Gasteiger partial charge in [0.2, 0.25) is 5.95 Å². The van der Waals surface area contributed by atoms with Crippen LogP contribution in [0.4, 0.5) is 17.3 Å². The van der Waals surface area contributed by atoms with Gasteiger partial charge in [0.1, 0.15) is 5.82 Å². The van der Waals surface area contributed by atoms with Gasteiger partial charge in [-0.3, -0.25) is 19.0 Å². The lowest BCUT2D eigenvalue weighted by molar-refractivity contribution is 0.0987. The fraction of sp³-hybridized carbons (Fsp3) is 0.322. The highest BCUT2D eigenvalue weighted by molar-refractivity contribution is 15.0. The number of hydrogen-bond donors (Lipinski definition) is 2. The quantitative estimate of drug-likeness (QED) is 0.121. The summed E-state index contributed by atoms with van der Waals surface area (Å²) in [6.45, 7) is 12.8. The van der Waals surface area contributed by atoms with Crippen molar-refractivity contribution in [1.29, 1.82) is 0 Å². The van der Waals surface area contributed by atoms with Crippen LogP contribution in [0.2, 0.25) is 0 Å². The van der Waals surface area contributed by atoms with Crippen molar-refractivity contribution in [1.82, 2.24) is 48.6 Å². The van der Waals surface area contributed by atoms with Crippen molar-refractivity contribution in [3.05, 3.63) is 136 Å². The van der Waals surface area contributed by atoms with Gasteiger partial charge in [-0.1, -0.05) is 27.7 Å². The summed E-state index contributed by atoms with van der Waals surface area (Å²) in [4.78, 5) is 42.9. The third-order valence-corrected chi connectivity index (χ3v) is 15.0. The molecule has 76 heavy (non-hydrogen) atoms. The van der Waals surface area contributed by atoms with E-state index >= 15 is 0 Å². The van der Waals surface area contributed by atoms with Gasteiger partial charge in [-0.05, 0) is 128 Å². The van der Waals surface area contributed by atoms with Gasteiger partial charge in [0.15, 0.2) is 11.6 Å².